The Kier molecular flexibility index (Phi) is 2.65. The zero-order valence-corrected chi connectivity index (χ0v) is 9.53. The highest BCUT2D eigenvalue weighted by Crippen LogP contribution is 2.59. The van der Waals surface area contributed by atoms with Crippen molar-refractivity contribution < 1.29 is 9.13 Å². The first-order chi connectivity index (χ1) is 8.14. The molecule has 1 aliphatic rings. The van der Waals surface area contributed by atoms with Crippen molar-refractivity contribution in [1.29, 1.82) is 5.26 Å². The number of halogens is 1. The third kappa shape index (κ3) is 1.52. The van der Waals surface area contributed by atoms with Crippen molar-refractivity contribution in [2.45, 2.75) is 18.4 Å². The molecule has 0 aromatic heterocycles. The summed E-state index contributed by atoms with van der Waals surface area (Å²) in [7, 11) is 1.49. The standard InChI is InChI=1S/C14H12FNO/c1-3-14(17-2,13(10-16)8-9-13)11-4-6-12(15)7-5-11/h1,4-7H,8-9H2,2H3/t14-/m0/s1. The van der Waals surface area contributed by atoms with Crippen LogP contribution in [0.25, 0.3) is 0 Å². The zero-order valence-electron chi connectivity index (χ0n) is 9.53. The van der Waals surface area contributed by atoms with E-state index in [2.05, 4.69) is 12.0 Å². The summed E-state index contributed by atoms with van der Waals surface area (Å²) in [6.07, 6.45) is 6.98. The molecule has 0 radical (unpaired) electrons. The minimum absolute atomic E-state index is 0.336. The van der Waals surface area contributed by atoms with Crippen molar-refractivity contribution in [2.75, 3.05) is 7.11 Å². The summed E-state index contributed by atoms with van der Waals surface area (Å²) in [4.78, 5) is 0. The first kappa shape index (κ1) is 11.6. The van der Waals surface area contributed by atoms with Gasteiger partial charge in [0.25, 0.3) is 0 Å². The summed E-state index contributed by atoms with van der Waals surface area (Å²) in [5.74, 6) is 2.25. The minimum Gasteiger partial charge on any atom is -0.360 e. The molecule has 1 fully saturated rings. The zero-order chi connectivity index (χ0) is 12.5. The Hall–Kier alpha value is -1.84. The predicted molar refractivity (Wildman–Crippen MR) is 61.2 cm³/mol. The van der Waals surface area contributed by atoms with Crippen molar-refractivity contribution >= 4 is 0 Å². The second kappa shape index (κ2) is 3.87. The number of hydrogen-bond donors (Lipinski definition) is 0. The van der Waals surface area contributed by atoms with Gasteiger partial charge in [0, 0.05) is 7.11 Å². The van der Waals surface area contributed by atoms with Gasteiger partial charge in [-0.1, -0.05) is 18.1 Å². The van der Waals surface area contributed by atoms with Crippen LogP contribution in [0.1, 0.15) is 18.4 Å². The van der Waals surface area contributed by atoms with Gasteiger partial charge in [-0.2, -0.15) is 5.26 Å². The fourth-order valence-electron chi connectivity index (χ4n) is 2.22. The van der Waals surface area contributed by atoms with Crippen LogP contribution in [0.4, 0.5) is 4.39 Å². The fourth-order valence-corrected chi connectivity index (χ4v) is 2.22. The van der Waals surface area contributed by atoms with Crippen LogP contribution in [0.5, 0.6) is 0 Å². The number of hydrogen-bond acceptors (Lipinski definition) is 2. The molecule has 0 N–H and O–H groups in total. The van der Waals surface area contributed by atoms with Crippen LogP contribution in [0, 0.1) is 34.9 Å². The molecule has 86 valence electrons. The Labute approximate surface area is 100 Å². The van der Waals surface area contributed by atoms with E-state index in [1.54, 1.807) is 12.1 Å². The monoisotopic (exact) mass is 229 g/mol. The predicted octanol–water partition coefficient (Wildman–Crippen LogP) is 2.60. The lowest BCUT2D eigenvalue weighted by molar-refractivity contribution is -0.00569. The van der Waals surface area contributed by atoms with E-state index in [1.165, 1.54) is 19.2 Å². The van der Waals surface area contributed by atoms with Gasteiger partial charge in [-0.3, -0.25) is 0 Å². The summed E-state index contributed by atoms with van der Waals surface area (Å²) >= 11 is 0. The number of ether oxygens (including phenoxy) is 1. The normalized spacial score (nSPS) is 19.8. The molecule has 2 rings (SSSR count). The molecule has 0 unspecified atom stereocenters. The van der Waals surface area contributed by atoms with E-state index in [9.17, 15) is 9.65 Å². The number of methoxy groups -OCH3 is 1. The first-order valence-corrected chi connectivity index (χ1v) is 5.34. The Balaban J connectivity index is 2.54. The molecule has 3 heteroatoms. The Morgan fingerprint density at radius 2 is 2.00 bits per heavy atom. The quantitative estimate of drug-likeness (QED) is 0.746. The maximum Gasteiger partial charge on any atom is 0.171 e. The summed E-state index contributed by atoms with van der Waals surface area (Å²) < 4.78 is 18.4. The Morgan fingerprint density at radius 1 is 1.41 bits per heavy atom. The van der Waals surface area contributed by atoms with Gasteiger partial charge in [-0.05, 0) is 30.5 Å². The molecule has 1 atom stereocenters. The van der Waals surface area contributed by atoms with Gasteiger partial charge in [0.15, 0.2) is 5.60 Å². The highest BCUT2D eigenvalue weighted by atomic mass is 19.1. The van der Waals surface area contributed by atoms with Crippen LogP contribution in [0.2, 0.25) is 0 Å². The minimum atomic E-state index is -1.07. The van der Waals surface area contributed by atoms with Gasteiger partial charge < -0.3 is 4.74 Å². The van der Waals surface area contributed by atoms with Gasteiger partial charge in [-0.25, -0.2) is 4.39 Å². The molecule has 0 spiro atoms. The lowest BCUT2D eigenvalue weighted by atomic mass is 9.79. The van der Waals surface area contributed by atoms with Crippen LogP contribution >= 0.6 is 0 Å². The van der Waals surface area contributed by atoms with E-state index in [1.807, 2.05) is 0 Å². The van der Waals surface area contributed by atoms with Gasteiger partial charge in [0.05, 0.1) is 6.07 Å². The molecule has 0 amide bonds. The van der Waals surface area contributed by atoms with E-state index in [0.29, 0.717) is 18.4 Å². The maximum absolute atomic E-state index is 12.9. The number of benzene rings is 1. The molecular formula is C14H12FNO. The molecule has 0 saturated heterocycles. The molecule has 0 heterocycles. The first-order valence-electron chi connectivity index (χ1n) is 5.34. The fraction of sp³-hybridized carbons (Fsp3) is 0.357. The number of nitrogens with zero attached hydrogens (tertiary/aromatic N) is 1. The number of rotatable bonds is 3. The van der Waals surface area contributed by atoms with E-state index in [0.717, 1.165) is 0 Å². The second-order valence-electron chi connectivity index (χ2n) is 4.23. The highest BCUT2D eigenvalue weighted by Gasteiger charge is 2.61. The van der Waals surface area contributed by atoms with Crippen LogP contribution < -0.4 is 0 Å². The number of terminal acetylenes is 1. The summed E-state index contributed by atoms with van der Waals surface area (Å²) in [6.45, 7) is 0. The molecule has 2 nitrogen and oxygen atoms in total. The lowest BCUT2D eigenvalue weighted by Crippen LogP contribution is -2.36. The summed E-state index contributed by atoms with van der Waals surface area (Å²) in [5, 5.41) is 9.27. The van der Waals surface area contributed by atoms with Crippen LogP contribution in [-0.2, 0) is 10.3 Å². The molecule has 1 aliphatic carbocycles. The largest absolute Gasteiger partial charge is 0.360 e. The van der Waals surface area contributed by atoms with Crippen molar-refractivity contribution in [3.05, 3.63) is 35.6 Å². The molecule has 1 aromatic carbocycles. The van der Waals surface area contributed by atoms with Gasteiger partial charge in [-0.15, -0.1) is 6.42 Å². The van der Waals surface area contributed by atoms with E-state index in [-0.39, 0.29) is 5.82 Å². The van der Waals surface area contributed by atoms with Crippen molar-refractivity contribution in [1.82, 2.24) is 0 Å². The lowest BCUT2D eigenvalue weighted by Gasteiger charge is -2.32. The molecule has 17 heavy (non-hydrogen) atoms. The van der Waals surface area contributed by atoms with Crippen LogP contribution in [-0.4, -0.2) is 7.11 Å². The SMILES string of the molecule is C#C[C@](OC)(c1ccc(F)cc1)C1(C#N)CC1. The Morgan fingerprint density at radius 3 is 2.35 bits per heavy atom. The molecular weight excluding hydrogens is 217 g/mol. The third-order valence-electron chi connectivity index (χ3n) is 3.40. The van der Waals surface area contributed by atoms with E-state index in [4.69, 9.17) is 11.2 Å². The van der Waals surface area contributed by atoms with Gasteiger partial charge in [0.1, 0.15) is 11.2 Å². The third-order valence-corrected chi connectivity index (χ3v) is 3.40. The number of nitriles is 1. The summed E-state index contributed by atoms with van der Waals surface area (Å²) in [6, 6.07) is 8.06. The molecule has 1 saturated carbocycles. The molecule has 1 aromatic rings. The van der Waals surface area contributed by atoms with Crippen molar-refractivity contribution in [2.24, 2.45) is 5.41 Å². The smallest absolute Gasteiger partial charge is 0.171 e. The summed E-state index contributed by atoms with van der Waals surface area (Å²) in [5.41, 5.74) is -1.09. The van der Waals surface area contributed by atoms with Gasteiger partial charge >= 0.3 is 0 Å². The van der Waals surface area contributed by atoms with Crippen LogP contribution in [0.15, 0.2) is 24.3 Å². The second-order valence-corrected chi connectivity index (χ2v) is 4.23. The Bertz CT molecular complexity index is 505. The van der Waals surface area contributed by atoms with E-state index >= 15 is 0 Å². The van der Waals surface area contributed by atoms with Crippen molar-refractivity contribution in [3.63, 3.8) is 0 Å². The van der Waals surface area contributed by atoms with Crippen LogP contribution in [0.3, 0.4) is 0 Å². The van der Waals surface area contributed by atoms with E-state index < -0.39 is 11.0 Å². The van der Waals surface area contributed by atoms with Gasteiger partial charge in [0.2, 0.25) is 0 Å². The topological polar surface area (TPSA) is 33.0 Å². The molecule has 0 aliphatic heterocycles. The maximum atomic E-state index is 12.9. The average Bonchev–Trinajstić information content (AvgIpc) is 3.15. The highest BCUT2D eigenvalue weighted by molar-refractivity contribution is 5.41. The average molecular weight is 229 g/mol. The molecule has 0 bridgehead atoms. The van der Waals surface area contributed by atoms with Crippen molar-refractivity contribution in [3.8, 4) is 18.4 Å².